The summed E-state index contributed by atoms with van der Waals surface area (Å²) in [5.41, 5.74) is 6.63. The molecule has 4 aromatic rings. The number of amides is 1. The maximum absolute atomic E-state index is 13.3. The normalized spacial score (nSPS) is 11.8. The Morgan fingerprint density at radius 1 is 1.03 bits per heavy atom. The Morgan fingerprint density at radius 2 is 1.74 bits per heavy atom. The van der Waals surface area contributed by atoms with E-state index < -0.39 is 0 Å². The van der Waals surface area contributed by atoms with Crippen molar-refractivity contribution < 1.29 is 4.79 Å². The number of carbonyl (C=O) groups excluding carboxylic acids is 1. The second-order valence-corrected chi connectivity index (χ2v) is 8.66. The number of hydrogen-bond acceptors (Lipinski definition) is 5. The minimum Gasteiger partial charge on any atom is -0.272 e. The first-order valence-corrected chi connectivity index (χ1v) is 11.8. The zero-order valence-electron chi connectivity index (χ0n) is 18.9. The molecule has 170 valence electrons. The third kappa shape index (κ3) is 5.50. The van der Waals surface area contributed by atoms with Gasteiger partial charge in [0, 0.05) is 0 Å². The largest absolute Gasteiger partial charge is 0.272 e. The number of benzene rings is 3. The number of hydrazone groups is 1. The van der Waals surface area contributed by atoms with Crippen LogP contribution in [0.2, 0.25) is 0 Å². The number of aryl methyl sites for hydroxylation is 1. The van der Waals surface area contributed by atoms with Gasteiger partial charge in [0.05, 0.1) is 28.6 Å². The lowest BCUT2D eigenvalue weighted by molar-refractivity contribution is -0.118. The minimum absolute atomic E-state index is 0.0649. The molecule has 1 heterocycles. The molecule has 0 atom stereocenters. The highest BCUT2D eigenvalue weighted by Crippen LogP contribution is 2.23. The van der Waals surface area contributed by atoms with Crippen molar-refractivity contribution in [2.24, 2.45) is 5.10 Å². The molecular weight excluding hydrogens is 444 g/mol. The van der Waals surface area contributed by atoms with Crippen LogP contribution in [0.3, 0.4) is 0 Å². The van der Waals surface area contributed by atoms with Crippen molar-refractivity contribution in [3.8, 4) is 5.69 Å². The van der Waals surface area contributed by atoms with E-state index in [0.29, 0.717) is 16.1 Å². The zero-order chi connectivity index (χ0) is 23.9. The summed E-state index contributed by atoms with van der Waals surface area (Å²) in [4.78, 5) is 30.4. The second kappa shape index (κ2) is 10.8. The molecule has 0 aliphatic carbocycles. The van der Waals surface area contributed by atoms with E-state index in [1.54, 1.807) is 22.9 Å². The Labute approximate surface area is 202 Å². The van der Waals surface area contributed by atoms with Gasteiger partial charge in [-0.15, -0.1) is 0 Å². The standard InChI is InChI=1S/C27H24N4O2S/c1-19(16-21-11-4-3-5-12-21)17-28-30-25(32)18-34-27-29-23-14-8-7-13-22(23)26(33)31(27)24-15-9-6-10-20(24)2/h3-17H,18H2,1-2H3,(H,30,32)/b19-16+,28-17+. The van der Waals surface area contributed by atoms with Crippen molar-refractivity contribution in [2.45, 2.75) is 19.0 Å². The van der Waals surface area contributed by atoms with Gasteiger partial charge >= 0.3 is 0 Å². The first-order valence-electron chi connectivity index (χ1n) is 10.8. The number of fused-ring (bicyclic) bond motifs is 1. The SMILES string of the molecule is CC(/C=N/NC(=O)CSc1nc2ccccc2c(=O)n1-c1ccccc1C)=C\c1ccccc1. The molecule has 34 heavy (non-hydrogen) atoms. The van der Waals surface area contributed by atoms with Crippen LogP contribution in [0, 0.1) is 6.92 Å². The van der Waals surface area contributed by atoms with Gasteiger partial charge in [-0.3, -0.25) is 14.2 Å². The molecule has 0 spiro atoms. The van der Waals surface area contributed by atoms with Gasteiger partial charge in [-0.05, 0) is 48.7 Å². The monoisotopic (exact) mass is 468 g/mol. The van der Waals surface area contributed by atoms with Crippen molar-refractivity contribution >= 4 is 40.9 Å². The van der Waals surface area contributed by atoms with Crippen molar-refractivity contribution in [3.63, 3.8) is 0 Å². The van der Waals surface area contributed by atoms with Crippen LogP contribution in [0.15, 0.2) is 99.5 Å². The van der Waals surface area contributed by atoms with E-state index in [1.165, 1.54) is 11.8 Å². The lowest BCUT2D eigenvalue weighted by atomic mass is 10.1. The average molecular weight is 469 g/mol. The number of para-hydroxylation sites is 2. The van der Waals surface area contributed by atoms with E-state index in [1.807, 2.05) is 86.7 Å². The number of nitrogens with one attached hydrogen (secondary N) is 1. The minimum atomic E-state index is -0.285. The Kier molecular flexibility index (Phi) is 7.34. The van der Waals surface area contributed by atoms with Gasteiger partial charge in [0.2, 0.25) is 0 Å². The Balaban J connectivity index is 1.52. The second-order valence-electron chi connectivity index (χ2n) is 7.72. The van der Waals surface area contributed by atoms with E-state index in [-0.39, 0.29) is 17.2 Å². The Bertz CT molecular complexity index is 1440. The maximum atomic E-state index is 13.3. The molecule has 0 bridgehead atoms. The molecule has 0 fully saturated rings. The van der Waals surface area contributed by atoms with Crippen LogP contribution in [-0.2, 0) is 4.79 Å². The van der Waals surface area contributed by atoms with Crippen LogP contribution in [0.1, 0.15) is 18.1 Å². The zero-order valence-corrected chi connectivity index (χ0v) is 19.8. The molecule has 0 saturated heterocycles. The smallest absolute Gasteiger partial charge is 0.266 e. The van der Waals surface area contributed by atoms with Gasteiger partial charge in [-0.1, -0.05) is 78.5 Å². The maximum Gasteiger partial charge on any atom is 0.266 e. The Morgan fingerprint density at radius 3 is 2.53 bits per heavy atom. The predicted octanol–water partition coefficient (Wildman–Crippen LogP) is 4.99. The van der Waals surface area contributed by atoms with Crippen LogP contribution in [-0.4, -0.2) is 27.4 Å². The summed E-state index contributed by atoms with van der Waals surface area (Å²) in [6.07, 6.45) is 3.58. The van der Waals surface area contributed by atoms with Crippen LogP contribution >= 0.6 is 11.8 Å². The van der Waals surface area contributed by atoms with Crippen LogP contribution in [0.4, 0.5) is 0 Å². The van der Waals surface area contributed by atoms with Crippen molar-refractivity contribution in [2.75, 3.05) is 5.75 Å². The predicted molar refractivity (Wildman–Crippen MR) is 140 cm³/mol. The number of allylic oxidation sites excluding steroid dienone is 1. The van der Waals surface area contributed by atoms with Gasteiger partial charge < -0.3 is 0 Å². The average Bonchev–Trinajstić information content (AvgIpc) is 2.84. The molecule has 3 aromatic carbocycles. The molecule has 0 aliphatic rings. The number of hydrogen-bond donors (Lipinski definition) is 1. The first kappa shape index (κ1) is 23.2. The lowest BCUT2D eigenvalue weighted by Crippen LogP contribution is -2.24. The van der Waals surface area contributed by atoms with Gasteiger partial charge in [-0.2, -0.15) is 5.10 Å². The molecule has 1 N–H and O–H groups in total. The van der Waals surface area contributed by atoms with Crippen molar-refractivity contribution in [3.05, 3.63) is 106 Å². The molecule has 6 nitrogen and oxygen atoms in total. The molecular formula is C27H24N4O2S. The third-order valence-corrected chi connectivity index (χ3v) is 6.02. The molecule has 1 aromatic heterocycles. The highest BCUT2D eigenvalue weighted by Gasteiger charge is 2.15. The topological polar surface area (TPSA) is 76.3 Å². The molecule has 0 radical (unpaired) electrons. The molecule has 4 rings (SSSR count). The number of aromatic nitrogens is 2. The number of carbonyl (C=O) groups is 1. The quantitative estimate of drug-likeness (QED) is 0.179. The molecule has 0 aliphatic heterocycles. The highest BCUT2D eigenvalue weighted by atomic mass is 32.2. The first-order chi connectivity index (χ1) is 16.5. The number of thioether (sulfide) groups is 1. The summed E-state index contributed by atoms with van der Waals surface area (Å²) >= 11 is 1.20. The van der Waals surface area contributed by atoms with E-state index in [4.69, 9.17) is 0 Å². The van der Waals surface area contributed by atoms with Crippen LogP contribution in [0.25, 0.3) is 22.7 Å². The fraction of sp³-hybridized carbons (Fsp3) is 0.111. The molecule has 7 heteroatoms. The number of rotatable bonds is 7. The molecule has 0 saturated carbocycles. The van der Waals surface area contributed by atoms with E-state index in [9.17, 15) is 9.59 Å². The van der Waals surface area contributed by atoms with Crippen molar-refractivity contribution in [1.29, 1.82) is 0 Å². The summed E-state index contributed by atoms with van der Waals surface area (Å²) in [6, 6.07) is 24.7. The van der Waals surface area contributed by atoms with E-state index >= 15 is 0 Å². The van der Waals surface area contributed by atoms with E-state index in [2.05, 4.69) is 15.5 Å². The Hall–Kier alpha value is -3.97. The number of nitrogens with zero attached hydrogens (tertiary/aromatic N) is 3. The van der Waals surface area contributed by atoms with Crippen LogP contribution < -0.4 is 11.0 Å². The van der Waals surface area contributed by atoms with Crippen molar-refractivity contribution in [1.82, 2.24) is 15.0 Å². The summed E-state index contributed by atoms with van der Waals surface area (Å²) in [5, 5.41) is 5.03. The summed E-state index contributed by atoms with van der Waals surface area (Å²) in [5.74, 6) is -0.220. The highest BCUT2D eigenvalue weighted by molar-refractivity contribution is 7.99. The fourth-order valence-corrected chi connectivity index (χ4v) is 4.25. The van der Waals surface area contributed by atoms with Crippen LogP contribution in [0.5, 0.6) is 0 Å². The fourth-order valence-electron chi connectivity index (χ4n) is 3.45. The lowest BCUT2D eigenvalue weighted by Gasteiger charge is -2.14. The summed E-state index contributed by atoms with van der Waals surface area (Å²) in [6.45, 7) is 3.86. The molecule has 1 amide bonds. The van der Waals surface area contributed by atoms with Gasteiger partial charge in [0.1, 0.15) is 0 Å². The molecule has 0 unspecified atom stereocenters. The third-order valence-electron chi connectivity index (χ3n) is 5.08. The van der Waals surface area contributed by atoms with E-state index in [0.717, 1.165) is 22.4 Å². The van der Waals surface area contributed by atoms with Gasteiger partial charge in [0.25, 0.3) is 11.5 Å². The summed E-state index contributed by atoms with van der Waals surface area (Å²) < 4.78 is 1.58. The van der Waals surface area contributed by atoms with Gasteiger partial charge in [-0.25, -0.2) is 10.4 Å². The van der Waals surface area contributed by atoms with Gasteiger partial charge in [0.15, 0.2) is 5.16 Å². The summed E-state index contributed by atoms with van der Waals surface area (Å²) in [7, 11) is 0.